The molecule has 0 aliphatic rings. The van der Waals surface area contributed by atoms with Crippen LogP contribution >= 0.6 is 0 Å². The lowest BCUT2D eigenvalue weighted by Gasteiger charge is -2.12. The van der Waals surface area contributed by atoms with Crippen molar-refractivity contribution < 1.29 is 19.7 Å². The summed E-state index contributed by atoms with van der Waals surface area (Å²) in [5, 5.41) is 17.7. The van der Waals surface area contributed by atoms with E-state index < -0.39 is 6.10 Å². The van der Waals surface area contributed by atoms with Gasteiger partial charge in [0.25, 0.3) is 0 Å². The number of rotatable bonds is 14. The zero-order chi connectivity index (χ0) is 18.4. The highest BCUT2D eigenvalue weighted by molar-refractivity contribution is 5.69. The van der Waals surface area contributed by atoms with Crippen LogP contribution in [-0.2, 0) is 9.53 Å². The molecule has 0 bridgehead atoms. The van der Waals surface area contributed by atoms with E-state index in [1.165, 1.54) is 37.7 Å². The van der Waals surface area contributed by atoms with Crippen LogP contribution in [0.4, 0.5) is 0 Å². The van der Waals surface area contributed by atoms with Crippen LogP contribution in [-0.4, -0.2) is 35.5 Å². The lowest BCUT2D eigenvalue weighted by Crippen LogP contribution is -2.21. The van der Waals surface area contributed by atoms with Gasteiger partial charge in [0, 0.05) is 6.42 Å². The highest BCUT2D eigenvalue weighted by Gasteiger charge is 2.07. The third-order valence-corrected chi connectivity index (χ3v) is 4.24. The Morgan fingerprint density at radius 2 is 1.75 bits per heavy atom. The minimum absolute atomic E-state index is 0.132. The number of aliphatic hydroxyl groups excluding tert-OH is 2. The molecule has 0 rings (SSSR count). The van der Waals surface area contributed by atoms with Gasteiger partial charge in [-0.05, 0) is 38.0 Å². The van der Waals surface area contributed by atoms with Gasteiger partial charge in [0.2, 0.25) is 0 Å². The van der Waals surface area contributed by atoms with Crippen molar-refractivity contribution in [1.29, 1.82) is 0 Å². The van der Waals surface area contributed by atoms with E-state index >= 15 is 0 Å². The van der Waals surface area contributed by atoms with E-state index in [1.807, 2.05) is 0 Å². The summed E-state index contributed by atoms with van der Waals surface area (Å²) in [5.41, 5.74) is 1.33. The normalized spacial score (nSPS) is 14.7. The topological polar surface area (TPSA) is 66.8 Å². The van der Waals surface area contributed by atoms with Gasteiger partial charge in [0.05, 0.1) is 6.61 Å². The molecule has 0 radical (unpaired) electrons. The minimum Gasteiger partial charge on any atom is -0.463 e. The molecule has 0 aromatic rings. The number of carbonyl (C=O) groups is 1. The molecule has 0 aliphatic carbocycles. The Morgan fingerprint density at radius 3 is 2.38 bits per heavy atom. The van der Waals surface area contributed by atoms with Crippen molar-refractivity contribution in [3.8, 4) is 0 Å². The second-order valence-corrected chi connectivity index (χ2v) is 7.43. The molecule has 0 fully saturated rings. The van der Waals surface area contributed by atoms with Gasteiger partial charge in [0.15, 0.2) is 0 Å². The summed E-state index contributed by atoms with van der Waals surface area (Å²) in [4.78, 5) is 11.5. The van der Waals surface area contributed by atoms with Gasteiger partial charge in [-0.1, -0.05) is 58.1 Å². The quantitative estimate of drug-likeness (QED) is 0.366. The fraction of sp³-hybridized carbons (Fsp3) is 0.850. The first-order valence-electron chi connectivity index (χ1n) is 9.45. The molecule has 0 amide bonds. The van der Waals surface area contributed by atoms with Crippen LogP contribution in [0.5, 0.6) is 0 Å². The summed E-state index contributed by atoms with van der Waals surface area (Å²) in [6.07, 6.45) is 9.67. The van der Waals surface area contributed by atoms with Gasteiger partial charge in [0.1, 0.15) is 12.7 Å². The molecule has 0 heterocycles. The van der Waals surface area contributed by atoms with Crippen molar-refractivity contribution in [3.63, 3.8) is 0 Å². The minimum atomic E-state index is -0.978. The molecule has 2 atom stereocenters. The summed E-state index contributed by atoms with van der Waals surface area (Å²) in [6.45, 7) is 8.50. The molecule has 4 nitrogen and oxygen atoms in total. The smallest absolute Gasteiger partial charge is 0.306 e. The van der Waals surface area contributed by atoms with Gasteiger partial charge in [-0.15, -0.1) is 0 Å². The summed E-state index contributed by atoms with van der Waals surface area (Å²) < 4.78 is 4.87. The highest BCUT2D eigenvalue weighted by atomic mass is 16.5. The highest BCUT2D eigenvalue weighted by Crippen LogP contribution is 2.19. The van der Waals surface area contributed by atoms with E-state index in [0.717, 1.165) is 18.3 Å². The zero-order valence-corrected chi connectivity index (χ0v) is 16.1. The van der Waals surface area contributed by atoms with Gasteiger partial charge in [-0.3, -0.25) is 4.79 Å². The van der Waals surface area contributed by atoms with Crippen LogP contribution in [0.1, 0.15) is 79.1 Å². The molecule has 0 saturated carbocycles. The summed E-state index contributed by atoms with van der Waals surface area (Å²) >= 11 is 0. The molecular weight excluding hydrogens is 304 g/mol. The number of allylic oxidation sites excluding steroid dienone is 2. The third-order valence-electron chi connectivity index (χ3n) is 4.24. The molecule has 0 spiro atoms. The Hall–Kier alpha value is -0.870. The number of hydrogen-bond acceptors (Lipinski definition) is 4. The Bertz CT molecular complexity index is 350. The number of carbonyl (C=O) groups excluding carboxylic acids is 1. The summed E-state index contributed by atoms with van der Waals surface area (Å²) in [6, 6.07) is 0. The fourth-order valence-corrected chi connectivity index (χ4v) is 2.60. The number of aliphatic hydroxyl groups is 2. The van der Waals surface area contributed by atoms with Crippen molar-refractivity contribution in [3.05, 3.63) is 11.6 Å². The number of esters is 1. The van der Waals surface area contributed by atoms with Gasteiger partial charge in [-0.25, -0.2) is 0 Å². The SMILES string of the molecule is C/C(=C\CCC(=O)OCC(O)CO)CCCC(C)CCCC(C)C. The lowest BCUT2D eigenvalue weighted by atomic mass is 9.94. The van der Waals surface area contributed by atoms with Gasteiger partial charge < -0.3 is 14.9 Å². The summed E-state index contributed by atoms with van der Waals surface area (Å²) in [5.74, 6) is 1.27. The molecular formula is C20H38O4. The Kier molecular flexibility index (Phi) is 13.9. The molecule has 0 aromatic heterocycles. The van der Waals surface area contributed by atoms with Crippen LogP contribution in [0.2, 0.25) is 0 Å². The van der Waals surface area contributed by atoms with E-state index in [1.54, 1.807) is 0 Å². The second-order valence-electron chi connectivity index (χ2n) is 7.43. The van der Waals surface area contributed by atoms with Crippen LogP contribution < -0.4 is 0 Å². The van der Waals surface area contributed by atoms with E-state index in [2.05, 4.69) is 33.8 Å². The zero-order valence-electron chi connectivity index (χ0n) is 16.1. The van der Waals surface area contributed by atoms with Crippen molar-refractivity contribution in [2.24, 2.45) is 11.8 Å². The maximum Gasteiger partial charge on any atom is 0.306 e. The van der Waals surface area contributed by atoms with E-state index in [9.17, 15) is 4.79 Å². The Labute approximate surface area is 148 Å². The van der Waals surface area contributed by atoms with Crippen LogP contribution in [0, 0.1) is 11.8 Å². The van der Waals surface area contributed by atoms with Crippen LogP contribution in [0.3, 0.4) is 0 Å². The van der Waals surface area contributed by atoms with Crippen LogP contribution in [0.15, 0.2) is 11.6 Å². The van der Waals surface area contributed by atoms with Crippen molar-refractivity contribution in [1.82, 2.24) is 0 Å². The standard InChI is InChI=1S/C20H38O4/c1-16(2)8-5-9-17(3)10-6-11-18(4)12-7-13-20(23)24-15-19(22)14-21/h12,16-17,19,21-22H,5-11,13-15H2,1-4H3/b18-12+. The van der Waals surface area contributed by atoms with Gasteiger partial charge in [-0.2, -0.15) is 0 Å². The van der Waals surface area contributed by atoms with E-state index in [0.29, 0.717) is 12.8 Å². The maximum absolute atomic E-state index is 11.5. The van der Waals surface area contributed by atoms with Gasteiger partial charge >= 0.3 is 5.97 Å². The molecule has 2 N–H and O–H groups in total. The first-order chi connectivity index (χ1) is 11.3. The lowest BCUT2D eigenvalue weighted by molar-refractivity contribution is -0.147. The molecule has 4 heteroatoms. The van der Waals surface area contributed by atoms with Crippen molar-refractivity contribution >= 4 is 5.97 Å². The first-order valence-corrected chi connectivity index (χ1v) is 9.45. The molecule has 0 aliphatic heterocycles. The predicted octanol–water partition coefficient (Wildman–Crippen LogP) is 4.24. The maximum atomic E-state index is 11.5. The average Bonchev–Trinajstić information content (AvgIpc) is 2.52. The Balaban J connectivity index is 3.70. The first kappa shape index (κ1) is 23.1. The molecule has 142 valence electrons. The average molecular weight is 343 g/mol. The van der Waals surface area contributed by atoms with Crippen molar-refractivity contribution in [2.75, 3.05) is 13.2 Å². The molecule has 0 saturated heterocycles. The molecule has 24 heavy (non-hydrogen) atoms. The van der Waals surface area contributed by atoms with Crippen LogP contribution in [0.25, 0.3) is 0 Å². The Morgan fingerprint density at radius 1 is 1.08 bits per heavy atom. The molecule has 2 unspecified atom stereocenters. The second kappa shape index (κ2) is 14.5. The largest absolute Gasteiger partial charge is 0.463 e. The summed E-state index contributed by atoms with van der Waals surface area (Å²) in [7, 11) is 0. The fourth-order valence-electron chi connectivity index (χ4n) is 2.60. The van der Waals surface area contributed by atoms with Crippen molar-refractivity contribution in [2.45, 2.75) is 85.2 Å². The predicted molar refractivity (Wildman–Crippen MR) is 98.7 cm³/mol. The monoisotopic (exact) mass is 342 g/mol. The van der Waals surface area contributed by atoms with E-state index in [-0.39, 0.29) is 19.2 Å². The van der Waals surface area contributed by atoms with E-state index in [4.69, 9.17) is 14.9 Å². The number of hydrogen-bond donors (Lipinski definition) is 2. The third kappa shape index (κ3) is 14.7. The molecule has 0 aromatic carbocycles. The number of ether oxygens (including phenoxy) is 1.